The maximum atomic E-state index is 2.79. The molecule has 1 spiro atoms. The van der Waals surface area contributed by atoms with Crippen molar-refractivity contribution in [3.8, 4) is 0 Å². The fourth-order valence-corrected chi connectivity index (χ4v) is 5.65. The Balaban J connectivity index is 1.21. The van der Waals surface area contributed by atoms with Crippen LogP contribution < -0.4 is 0 Å². The molecular formula is C21H39N3. The van der Waals surface area contributed by atoms with Crippen molar-refractivity contribution in [2.45, 2.75) is 58.8 Å². The average Bonchev–Trinajstić information content (AvgIpc) is 3.31. The number of piperidine rings is 2. The molecule has 4 fully saturated rings. The van der Waals surface area contributed by atoms with E-state index in [1.807, 2.05) is 0 Å². The minimum atomic E-state index is 0.576. The van der Waals surface area contributed by atoms with Gasteiger partial charge in [0.2, 0.25) is 0 Å². The molecule has 3 heteroatoms. The minimum absolute atomic E-state index is 0.576. The minimum Gasteiger partial charge on any atom is -0.306 e. The van der Waals surface area contributed by atoms with Crippen LogP contribution >= 0.6 is 0 Å². The maximum absolute atomic E-state index is 2.79. The van der Waals surface area contributed by atoms with Crippen LogP contribution in [0.1, 0.15) is 58.8 Å². The molecule has 3 heterocycles. The van der Waals surface area contributed by atoms with Crippen molar-refractivity contribution in [1.29, 1.82) is 0 Å². The van der Waals surface area contributed by atoms with E-state index in [2.05, 4.69) is 35.6 Å². The van der Waals surface area contributed by atoms with E-state index in [9.17, 15) is 0 Å². The van der Waals surface area contributed by atoms with E-state index in [1.54, 1.807) is 0 Å². The van der Waals surface area contributed by atoms with E-state index in [0.29, 0.717) is 10.8 Å². The predicted octanol–water partition coefficient (Wildman–Crippen LogP) is 3.31. The summed E-state index contributed by atoms with van der Waals surface area (Å²) in [5, 5.41) is 0. The van der Waals surface area contributed by atoms with Gasteiger partial charge in [-0.25, -0.2) is 0 Å². The summed E-state index contributed by atoms with van der Waals surface area (Å²) < 4.78 is 0. The molecule has 4 rings (SSSR count). The number of hydrogen-bond acceptors (Lipinski definition) is 3. The van der Waals surface area contributed by atoms with Gasteiger partial charge in [-0.3, -0.25) is 0 Å². The van der Waals surface area contributed by atoms with E-state index in [4.69, 9.17) is 0 Å². The molecule has 3 aliphatic heterocycles. The van der Waals surface area contributed by atoms with Crippen molar-refractivity contribution in [2.75, 3.05) is 59.4 Å². The SMILES string of the molecule is CCC1(CN2CCC(C)(CN3CC4(CCN(C)CC4)C3)CC2)CC1. The van der Waals surface area contributed by atoms with Crippen LogP contribution in [0, 0.1) is 16.2 Å². The Morgan fingerprint density at radius 1 is 0.750 bits per heavy atom. The van der Waals surface area contributed by atoms with Crippen molar-refractivity contribution >= 4 is 0 Å². The van der Waals surface area contributed by atoms with Crippen molar-refractivity contribution in [3.05, 3.63) is 0 Å². The Morgan fingerprint density at radius 3 is 1.92 bits per heavy atom. The zero-order valence-corrected chi connectivity index (χ0v) is 16.4. The lowest BCUT2D eigenvalue weighted by molar-refractivity contribution is -0.0684. The quantitative estimate of drug-likeness (QED) is 0.764. The van der Waals surface area contributed by atoms with Crippen molar-refractivity contribution in [1.82, 2.24) is 14.7 Å². The van der Waals surface area contributed by atoms with Crippen molar-refractivity contribution < 1.29 is 0 Å². The van der Waals surface area contributed by atoms with Crippen LogP contribution in [0.25, 0.3) is 0 Å². The van der Waals surface area contributed by atoms with Gasteiger partial charge in [-0.2, -0.15) is 0 Å². The summed E-state index contributed by atoms with van der Waals surface area (Å²) in [5.41, 5.74) is 2.00. The van der Waals surface area contributed by atoms with Gasteiger partial charge in [-0.1, -0.05) is 13.8 Å². The van der Waals surface area contributed by atoms with Crippen molar-refractivity contribution in [2.24, 2.45) is 16.2 Å². The summed E-state index contributed by atoms with van der Waals surface area (Å²) in [4.78, 5) is 8.08. The highest BCUT2D eigenvalue weighted by atomic mass is 15.2. The monoisotopic (exact) mass is 333 g/mol. The molecule has 3 saturated heterocycles. The first-order chi connectivity index (χ1) is 11.4. The lowest BCUT2D eigenvalue weighted by atomic mass is 9.70. The first-order valence-electron chi connectivity index (χ1n) is 10.6. The van der Waals surface area contributed by atoms with Gasteiger partial charge in [-0.05, 0) is 94.4 Å². The Labute approximate surface area is 149 Å². The molecule has 0 aromatic rings. The lowest BCUT2D eigenvalue weighted by Crippen LogP contribution is -2.62. The predicted molar refractivity (Wildman–Crippen MR) is 101 cm³/mol. The molecule has 0 bridgehead atoms. The highest BCUT2D eigenvalue weighted by molar-refractivity contribution is 5.01. The third-order valence-electron chi connectivity index (χ3n) is 8.10. The molecule has 0 aromatic heterocycles. The van der Waals surface area contributed by atoms with Gasteiger partial charge in [0.1, 0.15) is 0 Å². The van der Waals surface area contributed by atoms with Crippen LogP contribution in [0.5, 0.6) is 0 Å². The van der Waals surface area contributed by atoms with Crippen molar-refractivity contribution in [3.63, 3.8) is 0 Å². The Morgan fingerprint density at radius 2 is 1.38 bits per heavy atom. The summed E-state index contributed by atoms with van der Waals surface area (Å²) in [6, 6.07) is 0. The number of nitrogens with zero attached hydrogens (tertiary/aromatic N) is 3. The fraction of sp³-hybridized carbons (Fsp3) is 1.00. The smallest absolute Gasteiger partial charge is 0.00517 e. The Hall–Kier alpha value is -0.120. The molecule has 0 amide bonds. The van der Waals surface area contributed by atoms with Gasteiger partial charge in [0.05, 0.1) is 0 Å². The standard InChI is InChI=1S/C21H39N3/c1-4-20(5-6-20)16-23-13-7-19(2,8-14-23)15-24-17-21(18-24)9-11-22(3)12-10-21/h4-18H2,1-3H3. The molecule has 3 nitrogen and oxygen atoms in total. The number of rotatable bonds is 5. The molecular weight excluding hydrogens is 294 g/mol. The first kappa shape index (κ1) is 17.3. The third-order valence-corrected chi connectivity index (χ3v) is 8.10. The zero-order valence-electron chi connectivity index (χ0n) is 16.4. The average molecular weight is 334 g/mol. The summed E-state index contributed by atoms with van der Waals surface area (Å²) in [6.07, 6.45) is 10.1. The second kappa shape index (κ2) is 6.25. The molecule has 0 N–H and O–H groups in total. The van der Waals surface area contributed by atoms with Crippen LogP contribution in [0.4, 0.5) is 0 Å². The third kappa shape index (κ3) is 3.54. The van der Waals surface area contributed by atoms with Crippen LogP contribution in [0.2, 0.25) is 0 Å². The van der Waals surface area contributed by atoms with Gasteiger partial charge < -0.3 is 14.7 Å². The molecule has 24 heavy (non-hydrogen) atoms. The number of hydrogen-bond donors (Lipinski definition) is 0. The van der Waals surface area contributed by atoms with Crippen LogP contribution in [-0.2, 0) is 0 Å². The van der Waals surface area contributed by atoms with Gasteiger partial charge in [0, 0.05) is 26.2 Å². The normalized spacial score (nSPS) is 32.6. The Bertz CT molecular complexity index is 432. The summed E-state index contributed by atoms with van der Waals surface area (Å²) in [6.45, 7) is 15.8. The number of likely N-dealkylation sites (tertiary alicyclic amines) is 3. The molecule has 1 saturated carbocycles. The van der Waals surface area contributed by atoms with E-state index in [1.165, 1.54) is 97.3 Å². The molecule has 0 atom stereocenters. The van der Waals surface area contributed by atoms with Crippen LogP contribution in [0.15, 0.2) is 0 Å². The van der Waals surface area contributed by atoms with Gasteiger partial charge in [0.15, 0.2) is 0 Å². The van der Waals surface area contributed by atoms with E-state index in [0.717, 1.165) is 5.41 Å². The van der Waals surface area contributed by atoms with Gasteiger partial charge >= 0.3 is 0 Å². The maximum Gasteiger partial charge on any atom is 0.00517 e. The van der Waals surface area contributed by atoms with E-state index in [-0.39, 0.29) is 0 Å². The van der Waals surface area contributed by atoms with Gasteiger partial charge in [-0.15, -0.1) is 0 Å². The lowest BCUT2D eigenvalue weighted by Gasteiger charge is -2.56. The zero-order chi connectivity index (χ0) is 16.8. The highest BCUT2D eigenvalue weighted by Crippen LogP contribution is 2.50. The highest BCUT2D eigenvalue weighted by Gasteiger charge is 2.47. The molecule has 1 aliphatic carbocycles. The first-order valence-corrected chi connectivity index (χ1v) is 10.6. The second-order valence-corrected chi connectivity index (χ2v) is 10.4. The molecule has 0 unspecified atom stereocenters. The second-order valence-electron chi connectivity index (χ2n) is 10.4. The van der Waals surface area contributed by atoms with E-state index >= 15 is 0 Å². The summed E-state index contributed by atoms with van der Waals surface area (Å²) >= 11 is 0. The summed E-state index contributed by atoms with van der Waals surface area (Å²) in [7, 11) is 2.28. The van der Waals surface area contributed by atoms with Crippen LogP contribution in [-0.4, -0.2) is 74.1 Å². The van der Waals surface area contributed by atoms with Crippen LogP contribution in [0.3, 0.4) is 0 Å². The molecule has 138 valence electrons. The Kier molecular flexibility index (Phi) is 4.50. The molecule has 0 aromatic carbocycles. The molecule has 0 radical (unpaired) electrons. The summed E-state index contributed by atoms with van der Waals surface area (Å²) in [5.74, 6) is 0. The largest absolute Gasteiger partial charge is 0.306 e. The topological polar surface area (TPSA) is 9.72 Å². The van der Waals surface area contributed by atoms with Gasteiger partial charge in [0.25, 0.3) is 0 Å². The van der Waals surface area contributed by atoms with E-state index < -0.39 is 0 Å². The fourth-order valence-electron chi connectivity index (χ4n) is 5.65. The molecule has 4 aliphatic rings.